The number of nitrogen functional groups attached to an aromatic ring is 1. The first-order valence-corrected chi connectivity index (χ1v) is 5.30. The lowest BCUT2D eigenvalue weighted by Gasteiger charge is -2.31. The fourth-order valence-corrected chi connectivity index (χ4v) is 1.93. The molecule has 1 aromatic rings. The van der Waals surface area contributed by atoms with Crippen molar-refractivity contribution in [1.29, 1.82) is 0 Å². The van der Waals surface area contributed by atoms with Gasteiger partial charge >= 0.3 is 0 Å². The minimum absolute atomic E-state index is 0.311. The van der Waals surface area contributed by atoms with E-state index in [2.05, 4.69) is 9.97 Å². The summed E-state index contributed by atoms with van der Waals surface area (Å²) < 4.78 is 5.04. The number of piperidine rings is 1. The molecule has 2 rings (SSSR count). The lowest BCUT2D eigenvalue weighted by Crippen LogP contribution is -2.39. The van der Waals surface area contributed by atoms with Gasteiger partial charge in [0.2, 0.25) is 5.88 Å². The largest absolute Gasteiger partial charge is 0.479 e. The van der Waals surface area contributed by atoms with Crippen LogP contribution in [0, 0.1) is 0 Å². The molecule has 0 amide bonds. The van der Waals surface area contributed by atoms with E-state index in [9.17, 15) is 5.11 Å². The van der Waals surface area contributed by atoms with Gasteiger partial charge in [-0.25, -0.2) is 4.98 Å². The highest BCUT2D eigenvalue weighted by Crippen LogP contribution is 2.29. The summed E-state index contributed by atoms with van der Waals surface area (Å²) in [5.74, 6) is 1.02. The van der Waals surface area contributed by atoms with E-state index in [-0.39, 0.29) is 6.10 Å². The predicted molar refractivity (Wildman–Crippen MR) is 60.5 cm³/mol. The number of aliphatic hydroxyl groups excluding tert-OH is 1. The van der Waals surface area contributed by atoms with Crippen molar-refractivity contribution < 1.29 is 9.84 Å². The Morgan fingerprint density at radius 3 is 3.06 bits per heavy atom. The van der Waals surface area contributed by atoms with E-state index in [1.54, 1.807) is 0 Å². The maximum Gasteiger partial charge on any atom is 0.242 e. The predicted octanol–water partition coefficient (Wildman–Crippen LogP) is 0.0285. The highest BCUT2D eigenvalue weighted by molar-refractivity contribution is 5.67. The topological polar surface area (TPSA) is 84.5 Å². The van der Waals surface area contributed by atoms with Crippen LogP contribution >= 0.6 is 0 Å². The number of hydrogen-bond donors (Lipinski definition) is 2. The van der Waals surface area contributed by atoms with Crippen LogP contribution in [-0.4, -0.2) is 41.4 Å². The molecule has 16 heavy (non-hydrogen) atoms. The quantitative estimate of drug-likeness (QED) is 0.737. The van der Waals surface area contributed by atoms with Crippen LogP contribution in [0.15, 0.2) is 6.33 Å². The molecule has 0 saturated carbocycles. The second-order valence-corrected chi connectivity index (χ2v) is 3.86. The van der Waals surface area contributed by atoms with Gasteiger partial charge in [0.05, 0.1) is 13.2 Å². The van der Waals surface area contributed by atoms with Crippen LogP contribution in [0.2, 0.25) is 0 Å². The summed E-state index contributed by atoms with van der Waals surface area (Å²) in [6, 6.07) is 0. The average molecular weight is 224 g/mol. The Hall–Kier alpha value is -1.56. The summed E-state index contributed by atoms with van der Waals surface area (Å²) in [4.78, 5) is 10.0. The molecule has 1 saturated heterocycles. The summed E-state index contributed by atoms with van der Waals surface area (Å²) in [6.45, 7) is 1.41. The molecular formula is C10H16N4O2. The number of methoxy groups -OCH3 is 1. The van der Waals surface area contributed by atoms with Gasteiger partial charge in [-0.2, -0.15) is 4.98 Å². The number of rotatable bonds is 2. The fourth-order valence-electron chi connectivity index (χ4n) is 1.93. The number of ether oxygens (including phenoxy) is 1. The second-order valence-electron chi connectivity index (χ2n) is 3.86. The van der Waals surface area contributed by atoms with E-state index in [1.165, 1.54) is 13.4 Å². The van der Waals surface area contributed by atoms with Crippen molar-refractivity contribution >= 4 is 11.5 Å². The maximum absolute atomic E-state index is 9.60. The maximum atomic E-state index is 9.60. The van der Waals surface area contributed by atoms with Gasteiger partial charge in [0.15, 0.2) is 5.82 Å². The van der Waals surface area contributed by atoms with Gasteiger partial charge in [-0.3, -0.25) is 0 Å². The molecule has 0 aliphatic carbocycles. The molecular weight excluding hydrogens is 208 g/mol. The number of aromatic nitrogens is 2. The van der Waals surface area contributed by atoms with E-state index < -0.39 is 0 Å². The number of anilines is 2. The first-order valence-electron chi connectivity index (χ1n) is 5.30. The highest BCUT2D eigenvalue weighted by atomic mass is 16.5. The van der Waals surface area contributed by atoms with Crippen LogP contribution in [0.5, 0.6) is 5.88 Å². The molecule has 1 unspecified atom stereocenters. The van der Waals surface area contributed by atoms with Crippen molar-refractivity contribution in [3.05, 3.63) is 6.33 Å². The molecule has 1 fully saturated rings. The number of aliphatic hydroxyl groups is 1. The van der Waals surface area contributed by atoms with Crippen LogP contribution in [0.4, 0.5) is 11.5 Å². The van der Waals surface area contributed by atoms with Crippen molar-refractivity contribution in [2.45, 2.75) is 18.9 Å². The number of nitrogens with zero attached hydrogens (tertiary/aromatic N) is 3. The zero-order valence-electron chi connectivity index (χ0n) is 9.26. The van der Waals surface area contributed by atoms with Crippen LogP contribution in [0.25, 0.3) is 0 Å². The zero-order valence-corrected chi connectivity index (χ0v) is 9.26. The minimum Gasteiger partial charge on any atom is -0.479 e. The Kier molecular flexibility index (Phi) is 3.09. The molecule has 2 heterocycles. The molecule has 1 aromatic heterocycles. The van der Waals surface area contributed by atoms with Crippen molar-refractivity contribution in [3.8, 4) is 5.88 Å². The number of hydrogen-bond acceptors (Lipinski definition) is 6. The van der Waals surface area contributed by atoms with E-state index >= 15 is 0 Å². The van der Waals surface area contributed by atoms with Gasteiger partial charge in [-0.15, -0.1) is 0 Å². The summed E-state index contributed by atoms with van der Waals surface area (Å²) >= 11 is 0. The third kappa shape index (κ3) is 2.01. The first-order chi connectivity index (χ1) is 7.72. The molecule has 0 radical (unpaired) electrons. The van der Waals surface area contributed by atoms with E-state index in [0.717, 1.165) is 19.4 Å². The van der Waals surface area contributed by atoms with Crippen LogP contribution < -0.4 is 15.4 Å². The van der Waals surface area contributed by atoms with Gasteiger partial charge in [-0.05, 0) is 12.8 Å². The Morgan fingerprint density at radius 2 is 2.38 bits per heavy atom. The number of nitrogens with two attached hydrogens (primary N) is 1. The minimum atomic E-state index is -0.311. The highest BCUT2D eigenvalue weighted by Gasteiger charge is 2.22. The van der Waals surface area contributed by atoms with Gasteiger partial charge in [0.1, 0.15) is 12.0 Å². The lowest BCUT2D eigenvalue weighted by atomic mass is 10.1. The Morgan fingerprint density at radius 1 is 1.56 bits per heavy atom. The molecule has 3 N–H and O–H groups in total. The van der Waals surface area contributed by atoms with Crippen molar-refractivity contribution in [1.82, 2.24) is 9.97 Å². The Labute approximate surface area is 94.1 Å². The molecule has 1 aliphatic rings. The summed E-state index contributed by atoms with van der Waals surface area (Å²) in [5, 5.41) is 9.60. The molecule has 1 atom stereocenters. The van der Waals surface area contributed by atoms with Gasteiger partial charge in [0, 0.05) is 13.1 Å². The molecule has 0 spiro atoms. The number of β-amino-alcohol motifs (C(OH)–C–C–N with tert-alkyl or cyclic N) is 1. The van der Waals surface area contributed by atoms with Gasteiger partial charge < -0.3 is 20.5 Å². The zero-order chi connectivity index (χ0) is 11.5. The van der Waals surface area contributed by atoms with Crippen LogP contribution in [0.1, 0.15) is 12.8 Å². The molecule has 1 aliphatic heterocycles. The summed E-state index contributed by atoms with van der Waals surface area (Å²) in [6.07, 6.45) is 2.88. The molecule has 6 nitrogen and oxygen atoms in total. The van der Waals surface area contributed by atoms with Crippen molar-refractivity contribution in [2.75, 3.05) is 30.8 Å². The third-order valence-electron chi connectivity index (χ3n) is 2.72. The lowest BCUT2D eigenvalue weighted by molar-refractivity contribution is 0.154. The van der Waals surface area contributed by atoms with Crippen molar-refractivity contribution in [3.63, 3.8) is 0 Å². The second kappa shape index (κ2) is 4.52. The van der Waals surface area contributed by atoms with E-state index in [4.69, 9.17) is 10.5 Å². The SMILES string of the molecule is COc1ncnc(N2CCCC(O)C2)c1N. The summed E-state index contributed by atoms with van der Waals surface area (Å²) in [5.41, 5.74) is 6.33. The van der Waals surface area contributed by atoms with E-state index in [1.807, 2.05) is 4.90 Å². The van der Waals surface area contributed by atoms with Gasteiger partial charge in [-0.1, -0.05) is 0 Å². The monoisotopic (exact) mass is 224 g/mol. The molecule has 0 aromatic carbocycles. The van der Waals surface area contributed by atoms with Gasteiger partial charge in [0.25, 0.3) is 0 Å². The third-order valence-corrected chi connectivity index (χ3v) is 2.72. The van der Waals surface area contributed by atoms with Crippen molar-refractivity contribution in [2.24, 2.45) is 0 Å². The average Bonchev–Trinajstić information content (AvgIpc) is 2.29. The Bertz CT molecular complexity index is 372. The Balaban J connectivity index is 2.25. The van der Waals surface area contributed by atoms with E-state index in [0.29, 0.717) is 23.9 Å². The smallest absolute Gasteiger partial charge is 0.242 e. The molecule has 88 valence electrons. The molecule has 0 bridgehead atoms. The summed E-state index contributed by atoms with van der Waals surface area (Å²) in [7, 11) is 1.52. The van der Waals surface area contributed by atoms with Crippen LogP contribution in [-0.2, 0) is 0 Å². The van der Waals surface area contributed by atoms with Crippen LogP contribution in [0.3, 0.4) is 0 Å². The normalized spacial score (nSPS) is 20.9. The fraction of sp³-hybridized carbons (Fsp3) is 0.600. The molecule has 6 heteroatoms. The standard InChI is InChI=1S/C10H16N4O2/c1-16-10-8(11)9(12-6-13-10)14-4-2-3-7(15)5-14/h6-7,15H,2-5,11H2,1H3. The first kappa shape index (κ1) is 10.9.